The quantitative estimate of drug-likeness (QED) is 0.667. The number of rotatable bonds is 3. The number of likely N-dealkylation sites (tertiary alicyclic amines) is 1. The maximum Gasteiger partial charge on any atom is 0.0977 e. The monoisotopic (exact) mass is 180 g/mol. The molecule has 2 unspecified atom stereocenters. The standard InChI is InChI=1S/C11H20N2/c1-3-5-11(8-12)13-7-4-6-10(2)9-13/h10-11H,3-7,9H2,1-2H3. The van der Waals surface area contributed by atoms with Gasteiger partial charge in [0, 0.05) is 6.54 Å². The minimum atomic E-state index is 0.174. The fourth-order valence-electron chi connectivity index (χ4n) is 2.11. The van der Waals surface area contributed by atoms with Gasteiger partial charge in [-0.15, -0.1) is 0 Å². The molecule has 1 saturated heterocycles. The Bertz CT molecular complexity index is 183. The van der Waals surface area contributed by atoms with Crippen molar-refractivity contribution in [3.8, 4) is 6.07 Å². The first kappa shape index (κ1) is 10.5. The van der Waals surface area contributed by atoms with E-state index in [1.807, 2.05) is 0 Å². The van der Waals surface area contributed by atoms with Crippen molar-refractivity contribution >= 4 is 0 Å². The predicted molar refractivity (Wildman–Crippen MR) is 54.3 cm³/mol. The van der Waals surface area contributed by atoms with Crippen LogP contribution >= 0.6 is 0 Å². The van der Waals surface area contributed by atoms with Gasteiger partial charge in [-0.2, -0.15) is 5.26 Å². The molecule has 1 aliphatic heterocycles. The van der Waals surface area contributed by atoms with Crippen LogP contribution in [0, 0.1) is 17.2 Å². The molecule has 0 saturated carbocycles. The molecule has 13 heavy (non-hydrogen) atoms. The Morgan fingerprint density at radius 1 is 1.62 bits per heavy atom. The molecule has 0 aromatic rings. The molecular formula is C11H20N2. The first-order valence-corrected chi connectivity index (χ1v) is 5.41. The Labute approximate surface area is 81.5 Å². The average Bonchev–Trinajstić information content (AvgIpc) is 2.14. The van der Waals surface area contributed by atoms with Gasteiger partial charge >= 0.3 is 0 Å². The van der Waals surface area contributed by atoms with Crippen molar-refractivity contribution < 1.29 is 0 Å². The molecule has 0 spiro atoms. The molecule has 1 fully saturated rings. The zero-order chi connectivity index (χ0) is 9.68. The van der Waals surface area contributed by atoms with E-state index in [1.165, 1.54) is 12.8 Å². The molecule has 0 radical (unpaired) electrons. The Morgan fingerprint density at radius 3 is 2.92 bits per heavy atom. The highest BCUT2D eigenvalue weighted by Crippen LogP contribution is 2.19. The van der Waals surface area contributed by atoms with Gasteiger partial charge in [0.05, 0.1) is 12.1 Å². The van der Waals surface area contributed by atoms with Gasteiger partial charge in [-0.05, 0) is 31.7 Å². The largest absolute Gasteiger partial charge is 0.288 e. The molecule has 2 atom stereocenters. The molecule has 1 heterocycles. The normalized spacial score (nSPS) is 26.7. The zero-order valence-corrected chi connectivity index (χ0v) is 8.79. The second-order valence-electron chi connectivity index (χ2n) is 4.18. The lowest BCUT2D eigenvalue weighted by Gasteiger charge is -2.33. The van der Waals surface area contributed by atoms with Crippen LogP contribution in [0.1, 0.15) is 39.5 Å². The number of hydrogen-bond donors (Lipinski definition) is 0. The average molecular weight is 180 g/mol. The van der Waals surface area contributed by atoms with E-state index in [0.29, 0.717) is 0 Å². The van der Waals surface area contributed by atoms with Crippen molar-refractivity contribution in [1.29, 1.82) is 5.26 Å². The van der Waals surface area contributed by atoms with E-state index in [2.05, 4.69) is 24.8 Å². The molecule has 0 bridgehead atoms. The third kappa shape index (κ3) is 3.00. The van der Waals surface area contributed by atoms with Gasteiger partial charge < -0.3 is 0 Å². The summed E-state index contributed by atoms with van der Waals surface area (Å²) in [5.41, 5.74) is 0. The van der Waals surface area contributed by atoms with Gasteiger partial charge in [-0.1, -0.05) is 20.3 Å². The van der Waals surface area contributed by atoms with E-state index >= 15 is 0 Å². The Kier molecular flexibility index (Phi) is 4.24. The first-order valence-electron chi connectivity index (χ1n) is 5.41. The van der Waals surface area contributed by atoms with Crippen LogP contribution in [0.3, 0.4) is 0 Å². The van der Waals surface area contributed by atoms with Gasteiger partial charge in [0.1, 0.15) is 0 Å². The van der Waals surface area contributed by atoms with Gasteiger partial charge in [-0.3, -0.25) is 4.90 Å². The zero-order valence-electron chi connectivity index (χ0n) is 8.79. The van der Waals surface area contributed by atoms with Crippen LogP contribution in [0.5, 0.6) is 0 Å². The molecule has 0 N–H and O–H groups in total. The number of hydrogen-bond acceptors (Lipinski definition) is 2. The van der Waals surface area contributed by atoms with Crippen molar-refractivity contribution in [2.75, 3.05) is 13.1 Å². The van der Waals surface area contributed by atoms with Gasteiger partial charge in [0.25, 0.3) is 0 Å². The molecule has 2 heteroatoms. The van der Waals surface area contributed by atoms with Gasteiger partial charge in [0.2, 0.25) is 0 Å². The summed E-state index contributed by atoms with van der Waals surface area (Å²) in [6.45, 7) is 6.69. The summed E-state index contributed by atoms with van der Waals surface area (Å²) in [5.74, 6) is 0.779. The molecule has 2 nitrogen and oxygen atoms in total. The number of piperidine rings is 1. The van der Waals surface area contributed by atoms with Crippen LogP contribution in [0.25, 0.3) is 0 Å². The third-order valence-electron chi connectivity index (χ3n) is 2.84. The van der Waals surface area contributed by atoms with Crippen LogP contribution in [0.15, 0.2) is 0 Å². The summed E-state index contributed by atoms with van der Waals surface area (Å²) >= 11 is 0. The molecule has 0 aliphatic carbocycles. The van der Waals surface area contributed by atoms with Crippen molar-refractivity contribution in [1.82, 2.24) is 4.90 Å². The SMILES string of the molecule is CCCC(C#N)N1CCCC(C)C1. The van der Waals surface area contributed by atoms with Crippen LogP contribution in [0.2, 0.25) is 0 Å². The summed E-state index contributed by atoms with van der Waals surface area (Å²) in [7, 11) is 0. The fourth-order valence-corrected chi connectivity index (χ4v) is 2.11. The Hall–Kier alpha value is -0.550. The Balaban J connectivity index is 2.43. The molecular weight excluding hydrogens is 160 g/mol. The van der Waals surface area contributed by atoms with E-state index in [9.17, 15) is 0 Å². The van der Waals surface area contributed by atoms with E-state index in [1.54, 1.807) is 0 Å². The second kappa shape index (κ2) is 5.24. The molecule has 0 aromatic carbocycles. The summed E-state index contributed by atoms with van der Waals surface area (Å²) in [6.07, 6.45) is 4.75. The van der Waals surface area contributed by atoms with Crippen LogP contribution in [-0.2, 0) is 0 Å². The van der Waals surface area contributed by atoms with Crippen molar-refractivity contribution in [2.24, 2.45) is 5.92 Å². The van der Waals surface area contributed by atoms with E-state index in [-0.39, 0.29) is 6.04 Å². The van der Waals surface area contributed by atoms with Gasteiger partial charge in [0.15, 0.2) is 0 Å². The molecule has 0 amide bonds. The fraction of sp³-hybridized carbons (Fsp3) is 0.909. The number of nitrogens with zero attached hydrogens (tertiary/aromatic N) is 2. The highest BCUT2D eigenvalue weighted by Gasteiger charge is 2.22. The lowest BCUT2D eigenvalue weighted by molar-refractivity contribution is 0.150. The molecule has 1 rings (SSSR count). The van der Waals surface area contributed by atoms with Crippen LogP contribution in [0.4, 0.5) is 0 Å². The van der Waals surface area contributed by atoms with Crippen LogP contribution in [-0.4, -0.2) is 24.0 Å². The maximum absolute atomic E-state index is 9.00. The summed E-state index contributed by atoms with van der Waals surface area (Å²) < 4.78 is 0. The highest BCUT2D eigenvalue weighted by atomic mass is 15.2. The number of nitriles is 1. The minimum absolute atomic E-state index is 0.174. The highest BCUT2D eigenvalue weighted by molar-refractivity contribution is 4.92. The topological polar surface area (TPSA) is 27.0 Å². The van der Waals surface area contributed by atoms with E-state index < -0.39 is 0 Å². The summed E-state index contributed by atoms with van der Waals surface area (Å²) in [6, 6.07) is 2.59. The molecule has 1 aliphatic rings. The van der Waals surface area contributed by atoms with Gasteiger partial charge in [-0.25, -0.2) is 0 Å². The minimum Gasteiger partial charge on any atom is -0.288 e. The van der Waals surface area contributed by atoms with E-state index in [4.69, 9.17) is 5.26 Å². The smallest absolute Gasteiger partial charge is 0.0977 e. The third-order valence-corrected chi connectivity index (χ3v) is 2.84. The molecule has 74 valence electrons. The van der Waals surface area contributed by atoms with E-state index in [0.717, 1.165) is 31.8 Å². The van der Waals surface area contributed by atoms with Crippen molar-refractivity contribution in [3.63, 3.8) is 0 Å². The van der Waals surface area contributed by atoms with Crippen molar-refractivity contribution in [3.05, 3.63) is 0 Å². The Morgan fingerprint density at radius 2 is 2.38 bits per heavy atom. The summed E-state index contributed by atoms with van der Waals surface area (Å²) in [5, 5.41) is 9.00. The molecule has 0 aromatic heterocycles. The summed E-state index contributed by atoms with van der Waals surface area (Å²) in [4.78, 5) is 2.36. The predicted octanol–water partition coefficient (Wildman–Crippen LogP) is 2.41. The van der Waals surface area contributed by atoms with Crippen LogP contribution < -0.4 is 0 Å². The maximum atomic E-state index is 9.00. The second-order valence-corrected chi connectivity index (χ2v) is 4.18. The lowest BCUT2D eigenvalue weighted by atomic mass is 9.98. The first-order chi connectivity index (χ1) is 6.27. The van der Waals surface area contributed by atoms with Crippen molar-refractivity contribution in [2.45, 2.75) is 45.6 Å². The lowest BCUT2D eigenvalue weighted by Crippen LogP contribution is -2.41.